The van der Waals surface area contributed by atoms with Gasteiger partial charge in [-0.15, -0.1) is 0 Å². The second-order valence-electron chi connectivity index (χ2n) is 8.18. The fourth-order valence-electron chi connectivity index (χ4n) is 2.72. The minimum atomic E-state index is -0.354. The summed E-state index contributed by atoms with van der Waals surface area (Å²) >= 11 is 0. The van der Waals surface area contributed by atoms with E-state index in [1.807, 2.05) is 20.8 Å². The van der Waals surface area contributed by atoms with Crippen molar-refractivity contribution in [2.45, 2.75) is 27.7 Å². The van der Waals surface area contributed by atoms with E-state index in [2.05, 4.69) is 16.5 Å². The lowest BCUT2D eigenvalue weighted by Crippen LogP contribution is -2.17. The number of rotatable bonds is 5. The number of ether oxygens (including phenoxy) is 1. The largest absolute Gasteiger partial charge is 0.492 e. The van der Waals surface area contributed by atoms with Gasteiger partial charge in [-0.05, 0) is 54.8 Å². The molecule has 154 valence electrons. The van der Waals surface area contributed by atoms with Crippen LogP contribution in [0, 0.1) is 29.5 Å². The van der Waals surface area contributed by atoms with E-state index >= 15 is 0 Å². The van der Waals surface area contributed by atoms with E-state index < -0.39 is 0 Å². The van der Waals surface area contributed by atoms with Crippen LogP contribution in [0.3, 0.4) is 0 Å². The van der Waals surface area contributed by atoms with Crippen molar-refractivity contribution in [3.63, 3.8) is 0 Å². The van der Waals surface area contributed by atoms with Crippen LogP contribution in [0.1, 0.15) is 42.4 Å². The molecule has 0 aliphatic heterocycles. The van der Waals surface area contributed by atoms with Crippen LogP contribution in [0.5, 0.6) is 5.75 Å². The number of benzene rings is 2. The number of nitrogens with zero attached hydrogens (tertiary/aromatic N) is 3. The highest BCUT2D eigenvalue weighted by Gasteiger charge is 2.17. The van der Waals surface area contributed by atoms with Crippen molar-refractivity contribution in [3.05, 3.63) is 71.3 Å². The van der Waals surface area contributed by atoms with E-state index in [1.54, 1.807) is 43.5 Å². The van der Waals surface area contributed by atoms with Gasteiger partial charge >= 0.3 is 0 Å². The highest BCUT2D eigenvalue weighted by molar-refractivity contribution is 6.05. The van der Waals surface area contributed by atoms with Gasteiger partial charge in [0.2, 0.25) is 0 Å². The molecule has 0 fully saturated rings. The minimum absolute atomic E-state index is 0.0399. The van der Waals surface area contributed by atoms with Crippen LogP contribution in [0.2, 0.25) is 0 Å². The first-order valence-corrected chi connectivity index (χ1v) is 9.47. The summed E-state index contributed by atoms with van der Waals surface area (Å²) in [6, 6.07) is 12.9. The zero-order valence-corrected chi connectivity index (χ0v) is 17.4. The summed E-state index contributed by atoms with van der Waals surface area (Å²) in [4.78, 5) is 12.7. The number of hydrogen-bond acceptors (Lipinski definition) is 4. The van der Waals surface area contributed by atoms with Crippen LogP contribution >= 0.6 is 0 Å². The highest BCUT2D eigenvalue weighted by Crippen LogP contribution is 2.25. The van der Waals surface area contributed by atoms with E-state index in [0.29, 0.717) is 40.6 Å². The van der Waals surface area contributed by atoms with Gasteiger partial charge in [0.15, 0.2) is 0 Å². The molecule has 0 spiro atoms. The average Bonchev–Trinajstić information content (AvgIpc) is 3.08. The normalized spacial score (nSPS) is 11.1. The fraction of sp³-hybridized carbons (Fsp3) is 0.261. The van der Waals surface area contributed by atoms with Crippen LogP contribution in [0.4, 0.5) is 10.1 Å². The highest BCUT2D eigenvalue weighted by atomic mass is 19.1. The Bertz CT molecular complexity index is 1110. The SMILES string of the molecule is Cc1nn(-c2ccc(F)cc2)cc1C(=O)Nc1ccc(OCC(C)(C)C)c(C#N)c1. The third-order valence-corrected chi connectivity index (χ3v) is 4.25. The van der Waals surface area contributed by atoms with Crippen LogP contribution in [-0.2, 0) is 0 Å². The lowest BCUT2D eigenvalue weighted by molar-refractivity contribution is 0.102. The smallest absolute Gasteiger partial charge is 0.259 e. The first kappa shape index (κ1) is 21.1. The number of nitrogens with one attached hydrogen (secondary N) is 1. The standard InChI is InChI=1S/C23H23FN4O2/c1-15-20(13-28(27-15)19-8-5-17(24)6-9-19)22(29)26-18-7-10-21(16(11-18)12-25)30-14-23(2,3)4/h5-11,13H,14H2,1-4H3,(H,26,29). The summed E-state index contributed by atoms with van der Waals surface area (Å²) in [5.41, 5.74) is 2.34. The average molecular weight is 406 g/mol. The molecule has 0 unspecified atom stereocenters. The van der Waals surface area contributed by atoms with Crippen LogP contribution < -0.4 is 10.1 Å². The number of carbonyl (C=O) groups is 1. The molecular weight excluding hydrogens is 383 g/mol. The second kappa shape index (κ2) is 8.37. The molecule has 0 bridgehead atoms. The third kappa shape index (κ3) is 5.03. The number of carbonyl (C=O) groups excluding carboxylic acids is 1. The minimum Gasteiger partial charge on any atom is -0.492 e. The van der Waals surface area contributed by atoms with E-state index in [4.69, 9.17) is 4.74 Å². The van der Waals surface area contributed by atoms with E-state index in [1.165, 1.54) is 16.8 Å². The van der Waals surface area contributed by atoms with Gasteiger partial charge in [-0.25, -0.2) is 9.07 Å². The van der Waals surface area contributed by atoms with Crippen molar-refractivity contribution in [2.24, 2.45) is 5.41 Å². The molecule has 1 N–H and O–H groups in total. The molecule has 7 heteroatoms. The van der Waals surface area contributed by atoms with E-state index in [9.17, 15) is 14.4 Å². The van der Waals surface area contributed by atoms with E-state index in [-0.39, 0.29) is 17.1 Å². The zero-order chi connectivity index (χ0) is 21.9. The van der Waals surface area contributed by atoms with Crippen molar-refractivity contribution >= 4 is 11.6 Å². The molecule has 0 aliphatic rings. The van der Waals surface area contributed by atoms with Gasteiger partial charge in [0, 0.05) is 11.9 Å². The monoisotopic (exact) mass is 406 g/mol. The lowest BCUT2D eigenvalue weighted by Gasteiger charge is -2.19. The Morgan fingerprint density at radius 3 is 2.57 bits per heavy atom. The van der Waals surface area contributed by atoms with Crippen molar-refractivity contribution in [1.82, 2.24) is 9.78 Å². The van der Waals surface area contributed by atoms with Gasteiger partial charge in [-0.3, -0.25) is 4.79 Å². The van der Waals surface area contributed by atoms with Crippen molar-refractivity contribution in [1.29, 1.82) is 5.26 Å². The molecule has 1 amide bonds. The van der Waals surface area contributed by atoms with Crippen LogP contribution in [0.25, 0.3) is 5.69 Å². The Balaban J connectivity index is 1.77. The third-order valence-electron chi connectivity index (χ3n) is 4.25. The molecule has 0 atom stereocenters. The summed E-state index contributed by atoms with van der Waals surface area (Å²) in [6.45, 7) is 8.32. The Hall–Kier alpha value is -3.66. The molecule has 6 nitrogen and oxygen atoms in total. The van der Waals surface area contributed by atoms with Crippen LogP contribution in [0.15, 0.2) is 48.7 Å². The quantitative estimate of drug-likeness (QED) is 0.656. The molecule has 30 heavy (non-hydrogen) atoms. The lowest BCUT2D eigenvalue weighted by atomic mass is 9.98. The van der Waals surface area contributed by atoms with E-state index in [0.717, 1.165) is 0 Å². The number of nitriles is 1. The topological polar surface area (TPSA) is 79.9 Å². The summed E-state index contributed by atoms with van der Waals surface area (Å²) < 4.78 is 20.4. The van der Waals surface area contributed by atoms with Gasteiger partial charge in [0.25, 0.3) is 5.91 Å². The molecule has 3 rings (SSSR count). The maximum Gasteiger partial charge on any atom is 0.259 e. The van der Waals surface area contributed by atoms with Crippen molar-refractivity contribution in [2.75, 3.05) is 11.9 Å². The molecule has 1 aromatic heterocycles. The van der Waals surface area contributed by atoms with Gasteiger partial charge < -0.3 is 10.1 Å². The summed E-state index contributed by atoms with van der Waals surface area (Å²) in [7, 11) is 0. The number of anilines is 1. The summed E-state index contributed by atoms with van der Waals surface area (Å²) in [5.74, 6) is -0.220. The Morgan fingerprint density at radius 1 is 1.23 bits per heavy atom. The number of amides is 1. The predicted octanol–water partition coefficient (Wildman–Crippen LogP) is 4.87. The molecule has 1 heterocycles. The van der Waals surface area contributed by atoms with Gasteiger partial charge in [0.05, 0.1) is 29.1 Å². The number of halogens is 1. The van der Waals surface area contributed by atoms with Gasteiger partial charge in [-0.1, -0.05) is 20.8 Å². The summed E-state index contributed by atoms with van der Waals surface area (Å²) in [6.07, 6.45) is 1.59. The first-order valence-electron chi connectivity index (χ1n) is 9.47. The fourth-order valence-corrected chi connectivity index (χ4v) is 2.72. The maximum absolute atomic E-state index is 13.1. The maximum atomic E-state index is 13.1. The number of hydrogen-bond donors (Lipinski definition) is 1. The number of aryl methyl sites for hydroxylation is 1. The summed E-state index contributed by atoms with van der Waals surface area (Å²) in [5, 5.41) is 16.6. The Labute approximate surface area is 174 Å². The van der Waals surface area contributed by atoms with Crippen molar-refractivity contribution < 1.29 is 13.9 Å². The van der Waals surface area contributed by atoms with Gasteiger partial charge in [0.1, 0.15) is 17.6 Å². The predicted molar refractivity (Wildman–Crippen MR) is 112 cm³/mol. The Kier molecular flexibility index (Phi) is 5.88. The molecular formula is C23H23FN4O2. The molecule has 2 aromatic carbocycles. The zero-order valence-electron chi connectivity index (χ0n) is 17.4. The number of aromatic nitrogens is 2. The Morgan fingerprint density at radius 2 is 1.93 bits per heavy atom. The first-order chi connectivity index (χ1) is 14.2. The molecule has 0 radical (unpaired) electrons. The molecule has 0 saturated carbocycles. The molecule has 0 saturated heterocycles. The van der Waals surface area contributed by atoms with Crippen molar-refractivity contribution in [3.8, 4) is 17.5 Å². The second-order valence-corrected chi connectivity index (χ2v) is 8.18. The van der Waals surface area contributed by atoms with Crippen LogP contribution in [-0.4, -0.2) is 22.3 Å². The molecule has 0 aliphatic carbocycles. The van der Waals surface area contributed by atoms with Gasteiger partial charge in [-0.2, -0.15) is 10.4 Å². The molecule has 3 aromatic rings.